The zero-order valence-corrected chi connectivity index (χ0v) is 16.4. The molecule has 1 aliphatic heterocycles. The average Bonchev–Trinajstić information content (AvgIpc) is 2.92. The number of methoxy groups -OCH3 is 1. The first-order valence-electron chi connectivity index (χ1n) is 7.39. The predicted octanol–water partition coefficient (Wildman–Crippen LogP) is 0.718. The third-order valence-electron chi connectivity index (χ3n) is 3.10. The molecule has 0 spiro atoms. The summed E-state index contributed by atoms with van der Waals surface area (Å²) in [6.07, 6.45) is 1.12. The second kappa shape index (κ2) is 9.37. The molecular formula is C15H15BrN4O6S. The van der Waals surface area contributed by atoms with Crippen LogP contribution in [0.4, 0.5) is 0 Å². The van der Waals surface area contributed by atoms with Crippen molar-refractivity contribution in [1.82, 2.24) is 5.32 Å². The molecule has 1 aromatic carbocycles. The smallest absolute Gasteiger partial charge is 0.305 e. The lowest BCUT2D eigenvalue weighted by atomic mass is 10.2. The van der Waals surface area contributed by atoms with E-state index in [0.29, 0.717) is 21.5 Å². The van der Waals surface area contributed by atoms with Crippen molar-refractivity contribution in [3.63, 3.8) is 0 Å². The summed E-state index contributed by atoms with van der Waals surface area (Å²) in [5.41, 5.74) is 5.67. The third-order valence-corrected chi connectivity index (χ3v) is 4.76. The van der Waals surface area contributed by atoms with E-state index in [-0.39, 0.29) is 18.2 Å². The van der Waals surface area contributed by atoms with E-state index >= 15 is 0 Å². The number of nitrogens with one attached hydrogen (secondary N) is 1. The Morgan fingerprint density at radius 2 is 2.22 bits per heavy atom. The highest BCUT2D eigenvalue weighted by Gasteiger charge is 2.32. The van der Waals surface area contributed by atoms with Gasteiger partial charge in [-0.1, -0.05) is 11.8 Å². The molecule has 2 rings (SSSR count). The van der Waals surface area contributed by atoms with Gasteiger partial charge in [-0.15, -0.1) is 5.10 Å². The quantitative estimate of drug-likeness (QED) is 0.383. The van der Waals surface area contributed by atoms with Crippen LogP contribution >= 0.6 is 27.7 Å². The standard InChI is InChI=1S/C15H15BrN4O6S/c1-25-9-3-7(2-8(16)13(9)26-6-11(17)21)5-18-20-15-19-14(24)10(27-15)4-12(22)23/h2-3,5,10H,4,6H2,1H3,(H2,17,21)(H,22,23)(H,19,20,24). The number of carboxylic acid groups (broad SMARTS) is 1. The van der Waals surface area contributed by atoms with Crippen LogP contribution < -0.4 is 20.5 Å². The van der Waals surface area contributed by atoms with Crippen LogP contribution in [0.3, 0.4) is 0 Å². The molecule has 1 saturated heterocycles. The number of ether oxygens (including phenoxy) is 2. The van der Waals surface area contributed by atoms with Crippen molar-refractivity contribution in [1.29, 1.82) is 0 Å². The van der Waals surface area contributed by atoms with Gasteiger partial charge in [0.1, 0.15) is 5.25 Å². The molecule has 144 valence electrons. The average molecular weight is 459 g/mol. The second-order valence-electron chi connectivity index (χ2n) is 5.13. The van der Waals surface area contributed by atoms with E-state index in [4.69, 9.17) is 20.3 Å². The summed E-state index contributed by atoms with van der Waals surface area (Å²) in [6.45, 7) is -0.301. The maximum atomic E-state index is 11.6. The first-order chi connectivity index (χ1) is 12.8. The fraction of sp³-hybridized carbons (Fsp3) is 0.267. The van der Waals surface area contributed by atoms with Gasteiger partial charge in [-0.25, -0.2) is 0 Å². The van der Waals surface area contributed by atoms with Gasteiger partial charge in [0.25, 0.3) is 5.91 Å². The number of halogens is 1. The number of hydrogen-bond acceptors (Lipinski definition) is 8. The molecule has 0 aromatic heterocycles. The minimum Gasteiger partial charge on any atom is -0.493 e. The number of nitrogens with two attached hydrogens (primary N) is 1. The number of primary amides is 1. The first kappa shape index (κ1) is 20.7. The van der Waals surface area contributed by atoms with Crippen molar-refractivity contribution in [2.45, 2.75) is 11.7 Å². The van der Waals surface area contributed by atoms with E-state index < -0.39 is 23.0 Å². The summed E-state index contributed by atoms with van der Waals surface area (Å²) in [7, 11) is 1.44. The Bertz CT molecular complexity index is 829. The van der Waals surface area contributed by atoms with Crippen molar-refractivity contribution in [2.75, 3.05) is 13.7 Å². The van der Waals surface area contributed by atoms with Gasteiger partial charge in [0, 0.05) is 0 Å². The van der Waals surface area contributed by atoms with Gasteiger partial charge in [-0.3, -0.25) is 14.4 Å². The van der Waals surface area contributed by atoms with Gasteiger partial charge in [-0.05, 0) is 33.6 Å². The van der Waals surface area contributed by atoms with Gasteiger partial charge in [0.2, 0.25) is 5.91 Å². The molecule has 1 heterocycles. The van der Waals surface area contributed by atoms with E-state index in [2.05, 4.69) is 31.4 Å². The van der Waals surface area contributed by atoms with Crippen LogP contribution in [0.25, 0.3) is 0 Å². The number of thioether (sulfide) groups is 1. The van der Waals surface area contributed by atoms with E-state index in [1.54, 1.807) is 12.1 Å². The molecule has 1 atom stereocenters. The number of amidine groups is 1. The van der Waals surface area contributed by atoms with Crippen molar-refractivity contribution >= 4 is 56.9 Å². The summed E-state index contributed by atoms with van der Waals surface area (Å²) in [4.78, 5) is 33.2. The second-order valence-corrected chi connectivity index (χ2v) is 7.18. The Kier molecular flexibility index (Phi) is 7.19. The van der Waals surface area contributed by atoms with Crippen LogP contribution in [-0.4, -0.2) is 53.2 Å². The molecule has 1 fully saturated rings. The zero-order chi connectivity index (χ0) is 20.0. The van der Waals surface area contributed by atoms with Crippen LogP contribution in [-0.2, 0) is 14.4 Å². The molecule has 12 heteroatoms. The van der Waals surface area contributed by atoms with Gasteiger partial charge in [0.15, 0.2) is 23.3 Å². The molecule has 10 nitrogen and oxygen atoms in total. The molecule has 0 radical (unpaired) electrons. The largest absolute Gasteiger partial charge is 0.493 e. The number of benzene rings is 1. The monoisotopic (exact) mass is 458 g/mol. The van der Waals surface area contributed by atoms with Crippen LogP contribution in [0.5, 0.6) is 11.5 Å². The fourth-order valence-electron chi connectivity index (χ4n) is 1.99. The lowest BCUT2D eigenvalue weighted by molar-refractivity contribution is -0.138. The maximum Gasteiger partial charge on any atom is 0.305 e. The number of hydrogen-bond donors (Lipinski definition) is 3. The summed E-state index contributed by atoms with van der Waals surface area (Å²) in [5.74, 6) is -1.44. The molecule has 2 amide bonds. The molecule has 4 N–H and O–H groups in total. The maximum absolute atomic E-state index is 11.6. The Labute approximate surface area is 166 Å². The molecule has 1 aliphatic rings. The Morgan fingerprint density at radius 3 is 2.85 bits per heavy atom. The van der Waals surface area contributed by atoms with E-state index in [0.717, 1.165) is 11.8 Å². The highest BCUT2D eigenvalue weighted by molar-refractivity contribution is 9.10. The van der Waals surface area contributed by atoms with Gasteiger partial charge in [0.05, 0.1) is 24.2 Å². The van der Waals surface area contributed by atoms with Crippen molar-refractivity contribution in [3.8, 4) is 11.5 Å². The minimum absolute atomic E-state index is 0.218. The molecule has 27 heavy (non-hydrogen) atoms. The molecule has 0 aliphatic carbocycles. The Morgan fingerprint density at radius 1 is 1.48 bits per heavy atom. The van der Waals surface area contributed by atoms with E-state index in [9.17, 15) is 14.4 Å². The topological polar surface area (TPSA) is 153 Å². The van der Waals surface area contributed by atoms with Gasteiger partial charge >= 0.3 is 5.97 Å². The molecule has 0 saturated carbocycles. The molecular weight excluding hydrogens is 444 g/mol. The van der Waals surface area contributed by atoms with Crippen molar-refractivity contribution in [2.24, 2.45) is 15.9 Å². The molecule has 0 bridgehead atoms. The minimum atomic E-state index is -1.07. The van der Waals surface area contributed by atoms with Crippen LogP contribution in [0.15, 0.2) is 26.8 Å². The molecule has 1 aromatic rings. The third kappa shape index (κ3) is 5.96. The van der Waals surface area contributed by atoms with E-state index in [1.807, 2.05) is 0 Å². The zero-order valence-electron chi connectivity index (χ0n) is 14.0. The Balaban J connectivity index is 2.11. The van der Waals surface area contributed by atoms with Crippen molar-refractivity contribution < 1.29 is 29.0 Å². The number of rotatable bonds is 8. The normalized spacial score (nSPS) is 17.9. The lowest BCUT2D eigenvalue weighted by Gasteiger charge is -2.12. The Hall–Kier alpha value is -2.60. The number of carbonyl (C=O) groups is 3. The summed E-state index contributed by atoms with van der Waals surface area (Å²) in [5, 5.41) is 18.5. The summed E-state index contributed by atoms with van der Waals surface area (Å²) >= 11 is 4.32. The van der Waals surface area contributed by atoms with Crippen LogP contribution in [0.2, 0.25) is 0 Å². The highest BCUT2D eigenvalue weighted by Crippen LogP contribution is 2.36. The number of aliphatic carboxylic acids is 1. The number of amides is 2. The van der Waals surface area contributed by atoms with Crippen molar-refractivity contribution in [3.05, 3.63) is 22.2 Å². The summed E-state index contributed by atoms with van der Waals surface area (Å²) < 4.78 is 11.0. The number of carbonyl (C=O) groups excluding carboxylic acids is 2. The molecule has 1 unspecified atom stereocenters. The van der Waals surface area contributed by atoms with Gasteiger partial charge in [-0.2, -0.15) is 5.10 Å². The SMILES string of the molecule is COc1cc(C=NN=C2NC(=O)C(CC(=O)O)S2)cc(Br)c1OCC(N)=O. The van der Waals surface area contributed by atoms with Gasteiger partial charge < -0.3 is 25.6 Å². The van der Waals surface area contributed by atoms with Crippen LogP contribution in [0, 0.1) is 0 Å². The van der Waals surface area contributed by atoms with Crippen LogP contribution in [0.1, 0.15) is 12.0 Å². The lowest BCUT2D eigenvalue weighted by Crippen LogP contribution is -2.26. The summed E-state index contributed by atoms with van der Waals surface area (Å²) in [6, 6.07) is 3.27. The number of carboxylic acids is 1. The van der Waals surface area contributed by atoms with E-state index in [1.165, 1.54) is 13.3 Å². The highest BCUT2D eigenvalue weighted by atomic mass is 79.9. The first-order valence-corrected chi connectivity index (χ1v) is 9.06. The number of nitrogens with zero attached hydrogens (tertiary/aromatic N) is 2. The fourth-order valence-corrected chi connectivity index (χ4v) is 3.48. The predicted molar refractivity (Wildman–Crippen MR) is 102 cm³/mol.